The molecule has 0 spiro atoms. The van der Waals surface area contributed by atoms with Crippen LogP contribution in [0.25, 0.3) is 0 Å². The number of halogens is 1. The largest absolute Gasteiger partial charge is 0.487 e. The molecular formula is C18H26IN5O2. The summed E-state index contributed by atoms with van der Waals surface area (Å²) >= 11 is 0. The Morgan fingerprint density at radius 3 is 2.81 bits per heavy atom. The van der Waals surface area contributed by atoms with Gasteiger partial charge in [0, 0.05) is 25.5 Å². The van der Waals surface area contributed by atoms with Gasteiger partial charge in [-0.05, 0) is 26.8 Å². The van der Waals surface area contributed by atoms with E-state index in [-0.39, 0.29) is 35.6 Å². The molecule has 2 N–H and O–H groups in total. The summed E-state index contributed by atoms with van der Waals surface area (Å²) in [5.41, 5.74) is 0.900. The predicted octanol–water partition coefficient (Wildman–Crippen LogP) is 3.35. The van der Waals surface area contributed by atoms with Crippen molar-refractivity contribution in [1.82, 2.24) is 20.8 Å². The number of aryl methyl sites for hydroxylation is 1. The molecule has 3 rings (SSSR count). The highest BCUT2D eigenvalue weighted by molar-refractivity contribution is 14.0. The van der Waals surface area contributed by atoms with Gasteiger partial charge in [0.15, 0.2) is 11.8 Å². The summed E-state index contributed by atoms with van der Waals surface area (Å²) in [6, 6.07) is 8.24. The van der Waals surface area contributed by atoms with E-state index in [2.05, 4.69) is 45.7 Å². The van der Waals surface area contributed by atoms with E-state index in [4.69, 9.17) is 9.26 Å². The third kappa shape index (κ3) is 5.09. The summed E-state index contributed by atoms with van der Waals surface area (Å²) in [6.07, 6.45) is 0.843. The highest BCUT2D eigenvalue weighted by Crippen LogP contribution is 2.39. The van der Waals surface area contributed by atoms with Gasteiger partial charge in [0.25, 0.3) is 0 Å². The second-order valence-corrected chi connectivity index (χ2v) is 6.73. The minimum Gasteiger partial charge on any atom is -0.487 e. The number of nitrogens with zero attached hydrogens (tertiary/aromatic N) is 3. The molecule has 1 atom stereocenters. The van der Waals surface area contributed by atoms with Gasteiger partial charge in [-0.3, -0.25) is 0 Å². The number of hydrogen-bond acceptors (Lipinski definition) is 5. The number of benzene rings is 1. The lowest BCUT2D eigenvalue weighted by Crippen LogP contribution is -2.45. The maximum absolute atomic E-state index is 6.09. The van der Waals surface area contributed by atoms with Crippen LogP contribution in [0, 0.1) is 6.92 Å². The highest BCUT2D eigenvalue weighted by atomic mass is 127. The number of guanidine groups is 1. The highest BCUT2D eigenvalue weighted by Gasteiger charge is 2.33. The molecule has 0 saturated heterocycles. The summed E-state index contributed by atoms with van der Waals surface area (Å²) in [5.74, 6) is 2.76. The van der Waals surface area contributed by atoms with Gasteiger partial charge >= 0.3 is 0 Å². The van der Waals surface area contributed by atoms with E-state index < -0.39 is 0 Å². The van der Waals surface area contributed by atoms with E-state index in [0.717, 1.165) is 30.2 Å². The Morgan fingerprint density at radius 2 is 2.12 bits per heavy atom. The lowest BCUT2D eigenvalue weighted by molar-refractivity contribution is 0.0694. The number of hydrogen-bond donors (Lipinski definition) is 2. The van der Waals surface area contributed by atoms with Crippen molar-refractivity contribution in [2.75, 3.05) is 6.54 Å². The maximum atomic E-state index is 6.09. The van der Waals surface area contributed by atoms with E-state index >= 15 is 0 Å². The summed E-state index contributed by atoms with van der Waals surface area (Å²) in [5, 5.41) is 10.7. The van der Waals surface area contributed by atoms with Crippen LogP contribution in [0.15, 0.2) is 33.8 Å². The molecule has 7 nitrogen and oxygen atoms in total. The molecular weight excluding hydrogens is 445 g/mol. The Hall–Kier alpha value is -1.84. The van der Waals surface area contributed by atoms with Gasteiger partial charge in [-0.15, -0.1) is 24.0 Å². The number of nitrogens with one attached hydrogen (secondary N) is 2. The van der Waals surface area contributed by atoms with Crippen molar-refractivity contribution in [1.29, 1.82) is 0 Å². The second-order valence-electron chi connectivity index (χ2n) is 6.73. The topological polar surface area (TPSA) is 84.6 Å². The lowest BCUT2D eigenvalue weighted by atomic mass is 9.90. The van der Waals surface area contributed by atoms with Crippen molar-refractivity contribution < 1.29 is 9.26 Å². The van der Waals surface area contributed by atoms with Crippen LogP contribution in [0.4, 0.5) is 0 Å². The third-order valence-electron chi connectivity index (χ3n) is 3.98. The summed E-state index contributed by atoms with van der Waals surface area (Å²) in [6.45, 7) is 9.14. The Kier molecular flexibility index (Phi) is 6.85. The molecule has 0 amide bonds. The van der Waals surface area contributed by atoms with Gasteiger partial charge in [0.05, 0.1) is 6.04 Å². The van der Waals surface area contributed by atoms with E-state index in [9.17, 15) is 0 Å². The van der Waals surface area contributed by atoms with Gasteiger partial charge in [-0.2, -0.15) is 4.98 Å². The minimum atomic E-state index is -0.242. The average Bonchev–Trinajstić information content (AvgIpc) is 2.97. The Morgan fingerprint density at radius 1 is 1.35 bits per heavy atom. The molecule has 1 aliphatic rings. The first-order valence-electron chi connectivity index (χ1n) is 8.59. The molecule has 0 aliphatic carbocycles. The number of aromatic nitrogens is 2. The predicted molar refractivity (Wildman–Crippen MR) is 111 cm³/mol. The van der Waals surface area contributed by atoms with Crippen LogP contribution in [-0.4, -0.2) is 28.2 Å². The SMILES string of the molecule is CCNC(=NCc1noc(C)n1)NC1CC(C)(C)Oc2ccccc21.I. The van der Waals surface area contributed by atoms with E-state index in [1.54, 1.807) is 6.92 Å². The monoisotopic (exact) mass is 471 g/mol. The van der Waals surface area contributed by atoms with Crippen molar-refractivity contribution in [3.05, 3.63) is 41.5 Å². The maximum Gasteiger partial charge on any atom is 0.223 e. The Bertz CT molecular complexity index is 760. The van der Waals surface area contributed by atoms with E-state index in [1.165, 1.54) is 0 Å². The van der Waals surface area contributed by atoms with E-state index in [1.807, 2.05) is 25.1 Å². The first kappa shape index (κ1) is 20.5. The molecule has 1 aliphatic heterocycles. The van der Waals surface area contributed by atoms with Crippen molar-refractivity contribution in [3.63, 3.8) is 0 Å². The normalized spacial score (nSPS) is 18.3. The van der Waals surface area contributed by atoms with Gasteiger partial charge in [0.1, 0.15) is 17.9 Å². The summed E-state index contributed by atoms with van der Waals surface area (Å²) in [7, 11) is 0. The molecule has 0 saturated carbocycles. The number of aliphatic imine (C=N–C) groups is 1. The quantitative estimate of drug-likeness (QED) is 0.404. The zero-order chi connectivity index (χ0) is 17.9. The zero-order valence-electron chi connectivity index (χ0n) is 15.6. The molecule has 1 aromatic carbocycles. The zero-order valence-corrected chi connectivity index (χ0v) is 17.9. The van der Waals surface area contributed by atoms with Crippen LogP contribution in [0.2, 0.25) is 0 Å². The van der Waals surface area contributed by atoms with Crippen LogP contribution in [0.5, 0.6) is 5.75 Å². The molecule has 0 bridgehead atoms. The van der Waals surface area contributed by atoms with Crippen LogP contribution in [0.3, 0.4) is 0 Å². The van der Waals surface area contributed by atoms with Crippen molar-refractivity contribution >= 4 is 29.9 Å². The van der Waals surface area contributed by atoms with E-state index in [0.29, 0.717) is 18.3 Å². The minimum absolute atomic E-state index is 0. The van der Waals surface area contributed by atoms with Crippen molar-refractivity contribution in [3.8, 4) is 5.75 Å². The molecule has 2 heterocycles. The fourth-order valence-electron chi connectivity index (χ4n) is 2.97. The summed E-state index contributed by atoms with van der Waals surface area (Å²) < 4.78 is 11.1. The van der Waals surface area contributed by atoms with Gasteiger partial charge in [-0.1, -0.05) is 23.4 Å². The fourth-order valence-corrected chi connectivity index (χ4v) is 2.97. The van der Waals surface area contributed by atoms with Crippen LogP contribution in [0.1, 0.15) is 50.5 Å². The number of fused-ring (bicyclic) bond motifs is 1. The van der Waals surface area contributed by atoms with Gasteiger partial charge < -0.3 is 19.9 Å². The first-order chi connectivity index (χ1) is 12.0. The second kappa shape index (κ2) is 8.70. The molecule has 0 fully saturated rings. The van der Waals surface area contributed by atoms with Crippen molar-refractivity contribution in [2.24, 2.45) is 4.99 Å². The fraction of sp³-hybridized carbons (Fsp3) is 0.500. The molecule has 142 valence electrons. The third-order valence-corrected chi connectivity index (χ3v) is 3.98. The Labute approximate surface area is 171 Å². The number of ether oxygens (including phenoxy) is 1. The smallest absolute Gasteiger partial charge is 0.223 e. The molecule has 8 heteroatoms. The summed E-state index contributed by atoms with van der Waals surface area (Å²) in [4.78, 5) is 8.77. The number of para-hydroxylation sites is 1. The van der Waals surface area contributed by atoms with Crippen molar-refractivity contribution in [2.45, 2.75) is 52.3 Å². The first-order valence-corrected chi connectivity index (χ1v) is 8.59. The molecule has 0 radical (unpaired) electrons. The molecule has 2 aromatic rings. The van der Waals surface area contributed by atoms with Gasteiger partial charge in [-0.25, -0.2) is 4.99 Å². The molecule has 1 unspecified atom stereocenters. The van der Waals surface area contributed by atoms with Gasteiger partial charge in [0.2, 0.25) is 5.89 Å². The number of rotatable bonds is 4. The molecule has 1 aromatic heterocycles. The standard InChI is InChI=1S/C18H25N5O2.HI/c1-5-19-17(20-11-16-21-12(2)25-23-16)22-14-10-18(3,4)24-15-9-7-6-8-13(14)15;/h6-9,14H,5,10-11H2,1-4H3,(H2,19,20,22);1H. The lowest BCUT2D eigenvalue weighted by Gasteiger charge is -2.38. The van der Waals surface area contributed by atoms with Crippen LogP contribution >= 0.6 is 24.0 Å². The van der Waals surface area contributed by atoms with Crippen LogP contribution in [-0.2, 0) is 6.54 Å². The Balaban J connectivity index is 0.00000243. The van der Waals surface area contributed by atoms with Crippen LogP contribution < -0.4 is 15.4 Å². The average molecular weight is 471 g/mol. The molecule has 26 heavy (non-hydrogen) atoms.